The Morgan fingerprint density at radius 2 is 2.00 bits per heavy atom. The van der Waals surface area contributed by atoms with Crippen LogP contribution in [0.5, 0.6) is 0 Å². The Morgan fingerprint density at radius 1 is 1.08 bits per heavy atom. The number of rotatable bonds is 3. The molecule has 2 aromatic rings. The largest absolute Gasteiger partial charge is 0.375 e. The van der Waals surface area contributed by atoms with E-state index < -0.39 is 5.72 Å². The van der Waals surface area contributed by atoms with Crippen LogP contribution in [0, 0.1) is 47.3 Å². The van der Waals surface area contributed by atoms with Crippen LogP contribution in [0.15, 0.2) is 30.5 Å². The molecule has 5 aliphatic carbocycles. The van der Waals surface area contributed by atoms with Crippen molar-refractivity contribution < 1.29 is 5.11 Å². The van der Waals surface area contributed by atoms with Gasteiger partial charge in [-0.25, -0.2) is 0 Å². The molecule has 0 unspecified atom stereocenters. The second-order valence-corrected chi connectivity index (χ2v) is 9.50. The average Bonchev–Trinajstić information content (AvgIpc) is 3.28. The fourth-order valence-electron chi connectivity index (χ4n) is 9.44. The highest BCUT2D eigenvalue weighted by atomic mass is 16.3. The van der Waals surface area contributed by atoms with Crippen LogP contribution < -0.4 is 0 Å². The van der Waals surface area contributed by atoms with Gasteiger partial charge in [-0.05, 0) is 60.0 Å². The number of aliphatic hydroxyl groups is 1. The minimum atomic E-state index is -0.413. The Balaban J connectivity index is 1.18. The van der Waals surface area contributed by atoms with Crippen molar-refractivity contribution >= 4 is 10.9 Å². The standard InChI is InChI=1S/C21H22N2O/c24-21-18-12-7-11-14-15(12)19(21)17(14)20(16(11)18)23(21)6-5-9-8-22-13-4-2-1-3-10(9)13/h1-4,8,11-12,14-20,22,24H,5-7H2/t11-,12+,14-,15+,16+,17+,18+,19+,20-,21-/m0/s1. The summed E-state index contributed by atoms with van der Waals surface area (Å²) < 4.78 is 0. The highest BCUT2D eigenvalue weighted by Gasteiger charge is 2.93. The maximum Gasteiger partial charge on any atom is 0.125 e. The summed E-state index contributed by atoms with van der Waals surface area (Å²) in [5, 5.41) is 13.1. The summed E-state index contributed by atoms with van der Waals surface area (Å²) in [6.45, 7) is 1.04. The molecule has 4 bridgehead atoms. The number of hydrogen-bond donors (Lipinski definition) is 2. The van der Waals surface area contributed by atoms with Gasteiger partial charge in [0, 0.05) is 41.5 Å². The van der Waals surface area contributed by atoms with Crippen molar-refractivity contribution in [2.24, 2.45) is 47.3 Å². The number of para-hydroxylation sites is 1. The molecular formula is C21H22N2O. The SMILES string of the molecule is O[C@]12[C@@H]3[C@@H]4[C@H]5C[C@H]6[C@@H]4[C@H]3[C@H]([C@H]6[C@@H]51)N2CCc1c[nH]c2ccccc12. The van der Waals surface area contributed by atoms with Crippen molar-refractivity contribution in [3.8, 4) is 0 Å². The molecule has 10 atom stereocenters. The van der Waals surface area contributed by atoms with Gasteiger partial charge in [-0.3, -0.25) is 4.90 Å². The lowest BCUT2D eigenvalue weighted by Gasteiger charge is -2.45. The highest BCUT2D eigenvalue weighted by molar-refractivity contribution is 5.83. The summed E-state index contributed by atoms with van der Waals surface area (Å²) in [5.74, 6) is 6.81. The first-order chi connectivity index (χ1) is 11.8. The first kappa shape index (κ1) is 12.1. The molecule has 2 aliphatic heterocycles. The zero-order valence-corrected chi connectivity index (χ0v) is 13.6. The molecule has 0 amide bonds. The van der Waals surface area contributed by atoms with Gasteiger partial charge in [0.25, 0.3) is 0 Å². The monoisotopic (exact) mass is 318 g/mol. The third kappa shape index (κ3) is 0.913. The van der Waals surface area contributed by atoms with E-state index in [1.165, 1.54) is 22.9 Å². The Bertz CT molecular complexity index is 919. The second kappa shape index (κ2) is 3.34. The van der Waals surface area contributed by atoms with Gasteiger partial charge in [-0.1, -0.05) is 18.2 Å². The van der Waals surface area contributed by atoms with Gasteiger partial charge in [0.2, 0.25) is 0 Å². The Kier molecular flexibility index (Phi) is 1.68. The zero-order chi connectivity index (χ0) is 15.4. The first-order valence-electron chi connectivity index (χ1n) is 9.84. The summed E-state index contributed by atoms with van der Waals surface area (Å²) in [7, 11) is 0. The fourth-order valence-corrected chi connectivity index (χ4v) is 9.44. The van der Waals surface area contributed by atoms with Crippen molar-refractivity contribution in [1.29, 1.82) is 0 Å². The van der Waals surface area contributed by atoms with Crippen LogP contribution in [0.1, 0.15) is 12.0 Å². The molecule has 122 valence electrons. The van der Waals surface area contributed by atoms with Crippen LogP contribution in [-0.4, -0.2) is 33.3 Å². The summed E-state index contributed by atoms with van der Waals surface area (Å²) in [6, 6.07) is 9.33. The number of nitrogens with one attached hydrogen (secondary N) is 1. The normalized spacial score (nSPS) is 57.1. The summed E-state index contributed by atoms with van der Waals surface area (Å²) in [4.78, 5) is 6.01. The van der Waals surface area contributed by atoms with Crippen LogP contribution in [0.3, 0.4) is 0 Å². The molecular weight excluding hydrogens is 296 g/mol. The molecule has 9 rings (SSSR count). The lowest BCUT2D eigenvalue weighted by Crippen LogP contribution is -2.51. The van der Waals surface area contributed by atoms with Crippen LogP contribution in [0.25, 0.3) is 10.9 Å². The Hall–Kier alpha value is -1.32. The molecule has 3 heteroatoms. The van der Waals surface area contributed by atoms with Crippen molar-refractivity contribution in [2.45, 2.75) is 24.6 Å². The number of aromatic amines is 1. The number of aromatic nitrogens is 1. The molecule has 2 N–H and O–H groups in total. The van der Waals surface area contributed by atoms with E-state index in [0.717, 1.165) is 54.5 Å². The molecule has 1 aromatic carbocycles. The molecule has 7 aliphatic rings. The van der Waals surface area contributed by atoms with Gasteiger partial charge < -0.3 is 10.1 Å². The summed E-state index contributed by atoms with van der Waals surface area (Å²) in [6.07, 6.45) is 4.71. The van der Waals surface area contributed by atoms with E-state index in [4.69, 9.17) is 0 Å². The van der Waals surface area contributed by atoms with Crippen molar-refractivity contribution in [2.75, 3.05) is 6.54 Å². The lowest BCUT2D eigenvalue weighted by molar-refractivity contribution is -0.130. The number of H-pyrrole nitrogens is 1. The number of fused-ring (bicyclic) bond motifs is 1. The smallest absolute Gasteiger partial charge is 0.125 e. The molecule has 24 heavy (non-hydrogen) atoms. The molecule has 0 spiro atoms. The average molecular weight is 318 g/mol. The number of benzene rings is 1. The van der Waals surface area contributed by atoms with Crippen molar-refractivity contribution in [3.63, 3.8) is 0 Å². The van der Waals surface area contributed by atoms with Crippen molar-refractivity contribution in [3.05, 3.63) is 36.0 Å². The second-order valence-electron chi connectivity index (χ2n) is 9.50. The Labute approximate surface area is 141 Å². The van der Waals surface area contributed by atoms with Gasteiger partial charge in [0.1, 0.15) is 5.72 Å². The third-order valence-electron chi connectivity index (χ3n) is 9.51. The van der Waals surface area contributed by atoms with Crippen LogP contribution >= 0.6 is 0 Å². The van der Waals surface area contributed by atoms with E-state index in [1.54, 1.807) is 0 Å². The molecule has 3 nitrogen and oxygen atoms in total. The predicted molar refractivity (Wildman–Crippen MR) is 90.0 cm³/mol. The minimum Gasteiger partial charge on any atom is -0.375 e. The molecule has 7 fully saturated rings. The van der Waals surface area contributed by atoms with Gasteiger partial charge >= 0.3 is 0 Å². The van der Waals surface area contributed by atoms with Crippen LogP contribution in [-0.2, 0) is 6.42 Å². The maximum atomic E-state index is 11.8. The quantitative estimate of drug-likeness (QED) is 0.912. The minimum absolute atomic E-state index is 0.413. The molecule has 2 saturated heterocycles. The molecule has 3 heterocycles. The van der Waals surface area contributed by atoms with Gasteiger partial charge in [-0.2, -0.15) is 0 Å². The van der Waals surface area contributed by atoms with Gasteiger partial charge in [0.05, 0.1) is 0 Å². The lowest BCUT2D eigenvalue weighted by atomic mass is 9.59. The predicted octanol–water partition coefficient (Wildman–Crippen LogP) is 2.47. The topological polar surface area (TPSA) is 39.3 Å². The zero-order valence-electron chi connectivity index (χ0n) is 13.6. The van der Waals surface area contributed by atoms with E-state index in [2.05, 4.69) is 40.3 Å². The number of hydrogen-bond acceptors (Lipinski definition) is 2. The third-order valence-corrected chi connectivity index (χ3v) is 9.51. The first-order valence-corrected chi connectivity index (χ1v) is 9.84. The summed E-state index contributed by atoms with van der Waals surface area (Å²) in [5.41, 5.74) is 2.24. The molecule has 1 aromatic heterocycles. The molecule has 5 saturated carbocycles. The van der Waals surface area contributed by atoms with E-state index in [0.29, 0.717) is 11.8 Å². The van der Waals surface area contributed by atoms with E-state index in [9.17, 15) is 5.11 Å². The number of nitrogens with zero attached hydrogens (tertiary/aromatic N) is 1. The van der Waals surface area contributed by atoms with Crippen LogP contribution in [0.2, 0.25) is 0 Å². The fraction of sp³-hybridized carbons (Fsp3) is 0.619. The van der Waals surface area contributed by atoms with Crippen molar-refractivity contribution in [1.82, 2.24) is 9.88 Å². The van der Waals surface area contributed by atoms with Gasteiger partial charge in [-0.15, -0.1) is 0 Å². The Morgan fingerprint density at radius 3 is 2.96 bits per heavy atom. The van der Waals surface area contributed by atoms with Crippen LogP contribution in [0.4, 0.5) is 0 Å². The summed E-state index contributed by atoms with van der Waals surface area (Å²) >= 11 is 0. The van der Waals surface area contributed by atoms with Gasteiger partial charge in [0.15, 0.2) is 0 Å². The van der Waals surface area contributed by atoms with E-state index >= 15 is 0 Å². The maximum absolute atomic E-state index is 11.8. The van der Waals surface area contributed by atoms with E-state index in [-0.39, 0.29) is 0 Å². The van der Waals surface area contributed by atoms with E-state index in [1.807, 2.05) is 0 Å². The highest BCUT2D eigenvalue weighted by Crippen LogP contribution is 2.90. The molecule has 0 radical (unpaired) electrons.